The van der Waals surface area contributed by atoms with Gasteiger partial charge in [-0.25, -0.2) is 0 Å². The van der Waals surface area contributed by atoms with E-state index in [0.717, 1.165) is 10.6 Å². The number of hydrogen-bond donors (Lipinski definition) is 1. The van der Waals surface area contributed by atoms with Crippen LogP contribution in [0.5, 0.6) is 0 Å². The van der Waals surface area contributed by atoms with Gasteiger partial charge in [-0.3, -0.25) is 0 Å². The number of benzene rings is 1. The van der Waals surface area contributed by atoms with E-state index in [1.54, 1.807) is 0 Å². The molecule has 0 fully saturated rings. The standard InChI is InChI=1S/C10H10Cl3N/c11-5-9(12)7-14-6-8-3-1-2-4-10(8)13/h1-5,14H,6-7H2. The van der Waals surface area contributed by atoms with Gasteiger partial charge in [0.2, 0.25) is 0 Å². The van der Waals surface area contributed by atoms with E-state index < -0.39 is 0 Å². The molecule has 0 aromatic heterocycles. The Morgan fingerprint density at radius 3 is 2.71 bits per heavy atom. The maximum absolute atomic E-state index is 5.96. The number of halogens is 3. The van der Waals surface area contributed by atoms with Gasteiger partial charge in [0, 0.05) is 28.7 Å². The molecule has 0 aliphatic rings. The first-order valence-corrected chi connectivity index (χ1v) is 5.32. The van der Waals surface area contributed by atoms with Gasteiger partial charge in [0.1, 0.15) is 0 Å². The van der Waals surface area contributed by atoms with Gasteiger partial charge in [0.25, 0.3) is 0 Å². The zero-order valence-electron chi connectivity index (χ0n) is 7.43. The molecular weight excluding hydrogens is 240 g/mol. The molecule has 0 bridgehead atoms. The third-order valence-corrected chi connectivity index (χ3v) is 2.67. The molecule has 1 N–H and O–H groups in total. The van der Waals surface area contributed by atoms with E-state index in [2.05, 4.69) is 5.32 Å². The summed E-state index contributed by atoms with van der Waals surface area (Å²) in [7, 11) is 0. The monoisotopic (exact) mass is 249 g/mol. The largest absolute Gasteiger partial charge is 0.308 e. The Balaban J connectivity index is 2.43. The van der Waals surface area contributed by atoms with Crippen molar-refractivity contribution in [2.75, 3.05) is 6.54 Å². The van der Waals surface area contributed by atoms with E-state index in [1.165, 1.54) is 5.54 Å². The van der Waals surface area contributed by atoms with Crippen molar-refractivity contribution in [3.63, 3.8) is 0 Å². The molecule has 1 nitrogen and oxygen atoms in total. The lowest BCUT2D eigenvalue weighted by atomic mass is 10.2. The Morgan fingerprint density at radius 2 is 2.07 bits per heavy atom. The van der Waals surface area contributed by atoms with Gasteiger partial charge in [0.15, 0.2) is 0 Å². The Hall–Kier alpha value is -0.210. The van der Waals surface area contributed by atoms with E-state index in [0.29, 0.717) is 18.1 Å². The molecule has 0 aliphatic heterocycles. The molecule has 1 aromatic rings. The predicted molar refractivity (Wildman–Crippen MR) is 62.9 cm³/mol. The van der Waals surface area contributed by atoms with Crippen LogP contribution < -0.4 is 5.32 Å². The van der Waals surface area contributed by atoms with Crippen molar-refractivity contribution in [1.29, 1.82) is 0 Å². The average molecular weight is 251 g/mol. The van der Waals surface area contributed by atoms with E-state index in [1.807, 2.05) is 24.3 Å². The normalized spacial score (nSPS) is 11.8. The Bertz CT molecular complexity index is 323. The highest BCUT2D eigenvalue weighted by atomic mass is 35.5. The third kappa shape index (κ3) is 3.89. The van der Waals surface area contributed by atoms with Gasteiger partial charge in [-0.1, -0.05) is 53.0 Å². The van der Waals surface area contributed by atoms with Crippen LogP contribution in [0.3, 0.4) is 0 Å². The maximum Gasteiger partial charge on any atom is 0.0450 e. The van der Waals surface area contributed by atoms with Crippen LogP contribution in [0.1, 0.15) is 5.56 Å². The minimum Gasteiger partial charge on any atom is -0.308 e. The van der Waals surface area contributed by atoms with Crippen molar-refractivity contribution >= 4 is 34.8 Å². The quantitative estimate of drug-likeness (QED) is 0.858. The van der Waals surface area contributed by atoms with Gasteiger partial charge >= 0.3 is 0 Å². The van der Waals surface area contributed by atoms with Gasteiger partial charge in [-0.05, 0) is 11.6 Å². The molecule has 0 saturated carbocycles. The summed E-state index contributed by atoms with van der Waals surface area (Å²) in [6, 6.07) is 7.67. The zero-order chi connectivity index (χ0) is 10.4. The topological polar surface area (TPSA) is 12.0 Å². The highest BCUT2D eigenvalue weighted by molar-refractivity contribution is 6.36. The molecule has 4 heteroatoms. The Kier molecular flexibility index (Phi) is 5.34. The highest BCUT2D eigenvalue weighted by Gasteiger charge is 1.98. The van der Waals surface area contributed by atoms with E-state index >= 15 is 0 Å². The molecule has 0 amide bonds. The molecule has 0 atom stereocenters. The lowest BCUT2D eigenvalue weighted by Gasteiger charge is -2.05. The third-order valence-electron chi connectivity index (χ3n) is 1.69. The van der Waals surface area contributed by atoms with Crippen LogP contribution in [0.2, 0.25) is 5.02 Å². The SMILES string of the molecule is ClC=C(Cl)CNCc1ccccc1Cl. The first-order valence-electron chi connectivity index (χ1n) is 4.13. The summed E-state index contributed by atoms with van der Waals surface area (Å²) in [5, 5.41) is 4.46. The fraction of sp³-hybridized carbons (Fsp3) is 0.200. The minimum absolute atomic E-state index is 0.552. The van der Waals surface area contributed by atoms with Crippen molar-refractivity contribution < 1.29 is 0 Å². The summed E-state index contributed by atoms with van der Waals surface area (Å²) in [5.74, 6) is 0. The molecule has 1 rings (SSSR count). The molecule has 1 aromatic carbocycles. The molecule has 0 heterocycles. The second kappa shape index (κ2) is 6.31. The maximum atomic E-state index is 5.96. The van der Waals surface area contributed by atoms with Crippen molar-refractivity contribution in [2.24, 2.45) is 0 Å². The first kappa shape index (κ1) is 11.9. The van der Waals surface area contributed by atoms with Gasteiger partial charge in [-0.15, -0.1) is 0 Å². The van der Waals surface area contributed by atoms with Gasteiger partial charge in [-0.2, -0.15) is 0 Å². The summed E-state index contributed by atoms with van der Waals surface area (Å²) >= 11 is 17.1. The highest BCUT2D eigenvalue weighted by Crippen LogP contribution is 2.14. The summed E-state index contributed by atoms with van der Waals surface area (Å²) < 4.78 is 0. The summed E-state index contributed by atoms with van der Waals surface area (Å²) in [5.41, 5.74) is 2.40. The van der Waals surface area contributed by atoms with Crippen LogP contribution in [0.4, 0.5) is 0 Å². The summed E-state index contributed by atoms with van der Waals surface area (Å²) in [6.45, 7) is 1.23. The van der Waals surface area contributed by atoms with Crippen LogP contribution in [-0.2, 0) is 6.54 Å². The Morgan fingerprint density at radius 1 is 1.36 bits per heavy atom. The fourth-order valence-corrected chi connectivity index (χ4v) is 1.37. The molecule has 0 unspecified atom stereocenters. The van der Waals surface area contributed by atoms with Crippen LogP contribution in [0, 0.1) is 0 Å². The summed E-state index contributed by atoms with van der Waals surface area (Å²) in [4.78, 5) is 0. The van der Waals surface area contributed by atoms with Gasteiger partial charge in [0.05, 0.1) is 0 Å². The number of rotatable bonds is 4. The molecule has 0 radical (unpaired) electrons. The Labute approximate surface area is 98.7 Å². The fourth-order valence-electron chi connectivity index (χ4n) is 0.997. The second-order valence-electron chi connectivity index (χ2n) is 2.75. The molecule has 0 spiro atoms. The van der Waals surface area contributed by atoms with Crippen LogP contribution in [0.25, 0.3) is 0 Å². The molecule has 0 aliphatic carbocycles. The van der Waals surface area contributed by atoms with Crippen LogP contribution in [-0.4, -0.2) is 6.54 Å². The van der Waals surface area contributed by atoms with E-state index in [9.17, 15) is 0 Å². The smallest absolute Gasteiger partial charge is 0.0450 e. The van der Waals surface area contributed by atoms with E-state index in [4.69, 9.17) is 34.8 Å². The van der Waals surface area contributed by atoms with Crippen molar-refractivity contribution in [2.45, 2.75) is 6.54 Å². The zero-order valence-corrected chi connectivity index (χ0v) is 9.70. The van der Waals surface area contributed by atoms with Crippen LogP contribution >= 0.6 is 34.8 Å². The molecular formula is C10H10Cl3N. The molecule has 76 valence electrons. The lowest BCUT2D eigenvalue weighted by molar-refractivity contribution is 0.755. The molecule has 14 heavy (non-hydrogen) atoms. The molecule has 0 saturated heterocycles. The predicted octanol–water partition coefficient (Wildman–Crippen LogP) is 3.75. The van der Waals surface area contributed by atoms with Crippen LogP contribution in [0.15, 0.2) is 34.8 Å². The van der Waals surface area contributed by atoms with Gasteiger partial charge < -0.3 is 5.32 Å². The summed E-state index contributed by atoms with van der Waals surface area (Å²) in [6.07, 6.45) is 0. The van der Waals surface area contributed by atoms with Crippen molar-refractivity contribution in [1.82, 2.24) is 5.32 Å². The minimum atomic E-state index is 0.552. The van der Waals surface area contributed by atoms with Crippen molar-refractivity contribution in [3.05, 3.63) is 45.4 Å². The second-order valence-corrected chi connectivity index (χ2v) is 3.86. The number of hydrogen-bond acceptors (Lipinski definition) is 1. The first-order chi connectivity index (χ1) is 6.74. The lowest BCUT2D eigenvalue weighted by Crippen LogP contribution is -2.14. The number of nitrogens with one attached hydrogen (secondary N) is 1. The van der Waals surface area contributed by atoms with E-state index in [-0.39, 0.29) is 0 Å². The van der Waals surface area contributed by atoms with Crippen molar-refractivity contribution in [3.8, 4) is 0 Å². The average Bonchev–Trinajstić information content (AvgIpc) is 2.20.